The van der Waals surface area contributed by atoms with Crippen LogP contribution in [0.15, 0.2) is 30.7 Å². The minimum Gasteiger partial charge on any atom is -0.496 e. The first-order chi connectivity index (χ1) is 13.3. The van der Waals surface area contributed by atoms with Gasteiger partial charge in [0.2, 0.25) is 0 Å². The molecule has 0 amide bonds. The molecule has 0 atom stereocenters. The van der Waals surface area contributed by atoms with Crippen molar-refractivity contribution in [2.24, 2.45) is 0 Å². The molecule has 3 heterocycles. The van der Waals surface area contributed by atoms with Gasteiger partial charge in [-0.1, -0.05) is 6.07 Å². The highest BCUT2D eigenvalue weighted by Gasteiger charge is 2.22. The molecule has 1 saturated heterocycles. The largest absolute Gasteiger partial charge is 0.496 e. The predicted molar refractivity (Wildman–Crippen MR) is 106 cm³/mol. The summed E-state index contributed by atoms with van der Waals surface area (Å²) in [4.78, 5) is 16.9. The fraction of sp³-hybridized carbons (Fsp3) is 0.429. The number of anilines is 1. The Hall–Kier alpha value is -2.60. The summed E-state index contributed by atoms with van der Waals surface area (Å²) in [5, 5.41) is 1.10. The molecule has 1 aromatic carbocycles. The Morgan fingerprint density at radius 2 is 1.89 bits per heavy atom. The molecule has 1 aliphatic carbocycles. The standard InChI is InChI=1S/C21H25N5O/c1-27-19-12-16-4-2-3-15(16)11-17(19)13-25-7-9-26(10-8-25)21-18-5-6-22-20(18)23-14-24-21/h5-6,11-12,14H,2-4,7-10,13H2,1H3,(H,22,23,24). The van der Waals surface area contributed by atoms with Crippen molar-refractivity contribution in [2.45, 2.75) is 25.8 Å². The summed E-state index contributed by atoms with van der Waals surface area (Å²) in [5.74, 6) is 2.08. The van der Waals surface area contributed by atoms with E-state index < -0.39 is 0 Å². The van der Waals surface area contributed by atoms with Crippen LogP contribution in [0.4, 0.5) is 5.82 Å². The number of rotatable bonds is 4. The topological polar surface area (TPSA) is 57.3 Å². The van der Waals surface area contributed by atoms with Crippen LogP contribution >= 0.6 is 0 Å². The van der Waals surface area contributed by atoms with E-state index in [0.717, 1.165) is 55.3 Å². The van der Waals surface area contributed by atoms with Gasteiger partial charge in [-0.15, -0.1) is 0 Å². The number of nitrogens with one attached hydrogen (secondary N) is 1. The second kappa shape index (κ2) is 6.85. The molecule has 1 N–H and O–H groups in total. The Labute approximate surface area is 159 Å². The zero-order valence-corrected chi connectivity index (χ0v) is 15.7. The average Bonchev–Trinajstić information content (AvgIpc) is 3.36. The predicted octanol–water partition coefficient (Wildman–Crippen LogP) is 2.78. The molecule has 0 unspecified atom stereocenters. The number of fused-ring (bicyclic) bond motifs is 2. The summed E-state index contributed by atoms with van der Waals surface area (Å²) in [5.41, 5.74) is 5.21. The number of H-pyrrole nitrogens is 1. The number of benzene rings is 1. The van der Waals surface area contributed by atoms with Gasteiger partial charge >= 0.3 is 0 Å². The SMILES string of the molecule is COc1cc2c(cc1CN1CCN(c3ncnc4[nH]ccc34)CC1)CCC2. The Morgan fingerprint density at radius 3 is 2.70 bits per heavy atom. The minimum atomic E-state index is 0.908. The van der Waals surface area contributed by atoms with Gasteiger partial charge in [-0.25, -0.2) is 9.97 Å². The van der Waals surface area contributed by atoms with Gasteiger partial charge in [0.1, 0.15) is 23.5 Å². The van der Waals surface area contributed by atoms with Crippen molar-refractivity contribution in [3.63, 3.8) is 0 Å². The molecule has 6 nitrogen and oxygen atoms in total. The molecule has 2 aromatic heterocycles. The summed E-state index contributed by atoms with van der Waals surface area (Å²) in [6, 6.07) is 6.70. The molecular weight excluding hydrogens is 338 g/mol. The quantitative estimate of drug-likeness (QED) is 0.772. The van der Waals surface area contributed by atoms with E-state index in [1.807, 2.05) is 6.20 Å². The van der Waals surface area contributed by atoms with Crippen LogP contribution in [-0.4, -0.2) is 53.1 Å². The van der Waals surface area contributed by atoms with Gasteiger partial charge in [-0.2, -0.15) is 0 Å². The van der Waals surface area contributed by atoms with E-state index in [2.05, 4.69) is 43.0 Å². The van der Waals surface area contributed by atoms with Gasteiger partial charge in [0.25, 0.3) is 0 Å². The number of piperazine rings is 1. The molecule has 27 heavy (non-hydrogen) atoms. The van der Waals surface area contributed by atoms with Crippen LogP contribution in [0.2, 0.25) is 0 Å². The van der Waals surface area contributed by atoms with Crippen molar-refractivity contribution in [3.05, 3.63) is 47.4 Å². The minimum absolute atomic E-state index is 0.908. The Balaban J connectivity index is 1.29. The summed E-state index contributed by atoms with van der Waals surface area (Å²) < 4.78 is 5.68. The number of hydrogen-bond acceptors (Lipinski definition) is 5. The molecule has 5 rings (SSSR count). The van der Waals surface area contributed by atoms with E-state index in [4.69, 9.17) is 4.74 Å². The second-order valence-electron chi connectivity index (χ2n) is 7.49. The fourth-order valence-electron chi connectivity index (χ4n) is 4.44. The number of nitrogens with zero attached hydrogens (tertiary/aromatic N) is 4. The zero-order chi connectivity index (χ0) is 18.2. The van der Waals surface area contributed by atoms with Gasteiger partial charge in [0.15, 0.2) is 0 Å². The van der Waals surface area contributed by atoms with Gasteiger partial charge in [0.05, 0.1) is 12.5 Å². The second-order valence-corrected chi connectivity index (χ2v) is 7.49. The Bertz CT molecular complexity index is 958. The van der Waals surface area contributed by atoms with Crippen molar-refractivity contribution < 1.29 is 4.74 Å². The first kappa shape index (κ1) is 16.6. The molecule has 3 aromatic rings. The fourth-order valence-corrected chi connectivity index (χ4v) is 4.44. The van der Waals surface area contributed by atoms with Gasteiger partial charge in [-0.3, -0.25) is 4.90 Å². The maximum absolute atomic E-state index is 5.68. The third-order valence-corrected chi connectivity index (χ3v) is 5.89. The van der Waals surface area contributed by atoms with Crippen molar-refractivity contribution in [1.82, 2.24) is 19.9 Å². The van der Waals surface area contributed by atoms with Gasteiger partial charge < -0.3 is 14.6 Å². The van der Waals surface area contributed by atoms with E-state index in [1.165, 1.54) is 36.0 Å². The molecule has 1 fully saturated rings. The maximum atomic E-state index is 5.68. The summed E-state index contributed by atoms with van der Waals surface area (Å²) in [7, 11) is 1.79. The van der Waals surface area contributed by atoms with E-state index in [-0.39, 0.29) is 0 Å². The van der Waals surface area contributed by atoms with Gasteiger partial charge in [0, 0.05) is 44.5 Å². The highest BCUT2D eigenvalue weighted by Crippen LogP contribution is 2.31. The van der Waals surface area contributed by atoms with E-state index in [1.54, 1.807) is 13.4 Å². The lowest BCUT2D eigenvalue weighted by Crippen LogP contribution is -2.46. The molecule has 0 saturated carbocycles. The van der Waals surface area contributed by atoms with Crippen LogP contribution in [0, 0.1) is 0 Å². The number of hydrogen-bond donors (Lipinski definition) is 1. The molecule has 2 aliphatic rings. The van der Waals surface area contributed by atoms with Crippen molar-refractivity contribution in [2.75, 3.05) is 38.2 Å². The highest BCUT2D eigenvalue weighted by molar-refractivity contribution is 5.87. The lowest BCUT2D eigenvalue weighted by Gasteiger charge is -2.35. The third kappa shape index (κ3) is 3.04. The molecule has 0 bridgehead atoms. The van der Waals surface area contributed by atoms with Crippen LogP contribution in [0.25, 0.3) is 11.0 Å². The monoisotopic (exact) mass is 363 g/mol. The van der Waals surface area contributed by atoms with E-state index in [0.29, 0.717) is 0 Å². The van der Waals surface area contributed by atoms with Crippen LogP contribution in [0.5, 0.6) is 5.75 Å². The highest BCUT2D eigenvalue weighted by atomic mass is 16.5. The van der Waals surface area contributed by atoms with Crippen molar-refractivity contribution in [1.29, 1.82) is 0 Å². The number of aryl methyl sites for hydroxylation is 2. The number of methoxy groups -OCH3 is 1. The van der Waals surface area contributed by atoms with Crippen LogP contribution in [0.3, 0.4) is 0 Å². The Kier molecular flexibility index (Phi) is 4.20. The smallest absolute Gasteiger partial charge is 0.142 e. The number of aromatic amines is 1. The average molecular weight is 363 g/mol. The molecular formula is C21H25N5O. The summed E-state index contributed by atoms with van der Waals surface area (Å²) in [6.07, 6.45) is 7.25. The molecule has 140 valence electrons. The normalized spacial score (nSPS) is 17.4. The van der Waals surface area contributed by atoms with E-state index in [9.17, 15) is 0 Å². The first-order valence-electron chi connectivity index (χ1n) is 9.76. The number of aromatic nitrogens is 3. The van der Waals surface area contributed by atoms with Crippen LogP contribution < -0.4 is 9.64 Å². The van der Waals surface area contributed by atoms with Crippen molar-refractivity contribution >= 4 is 16.9 Å². The zero-order valence-electron chi connectivity index (χ0n) is 15.7. The maximum Gasteiger partial charge on any atom is 0.142 e. The van der Waals surface area contributed by atoms with Crippen LogP contribution in [-0.2, 0) is 19.4 Å². The van der Waals surface area contributed by atoms with Crippen molar-refractivity contribution in [3.8, 4) is 5.75 Å². The first-order valence-corrected chi connectivity index (χ1v) is 9.76. The molecule has 0 radical (unpaired) electrons. The third-order valence-electron chi connectivity index (χ3n) is 5.89. The number of ether oxygens (including phenoxy) is 1. The summed E-state index contributed by atoms with van der Waals surface area (Å²) >= 11 is 0. The van der Waals surface area contributed by atoms with E-state index >= 15 is 0 Å². The Morgan fingerprint density at radius 1 is 1.07 bits per heavy atom. The van der Waals surface area contributed by atoms with Crippen LogP contribution in [0.1, 0.15) is 23.1 Å². The summed E-state index contributed by atoms with van der Waals surface area (Å²) in [6.45, 7) is 4.95. The molecule has 6 heteroatoms. The lowest BCUT2D eigenvalue weighted by atomic mass is 10.0. The lowest BCUT2D eigenvalue weighted by molar-refractivity contribution is 0.245. The molecule has 1 aliphatic heterocycles. The molecule has 0 spiro atoms. The van der Waals surface area contributed by atoms with Gasteiger partial charge in [-0.05, 0) is 42.5 Å².